The van der Waals surface area contributed by atoms with Gasteiger partial charge in [0.1, 0.15) is 5.76 Å². The molecule has 0 fully saturated rings. The third kappa shape index (κ3) is 6.23. The van der Waals surface area contributed by atoms with Crippen molar-refractivity contribution in [2.24, 2.45) is 0 Å². The number of nitrogens with one attached hydrogen (secondary N) is 1. The first-order valence-electron chi connectivity index (χ1n) is 7.37. The fourth-order valence-corrected chi connectivity index (χ4v) is 1.97. The largest absolute Gasteiger partial charge is 0.468 e. The van der Waals surface area contributed by atoms with E-state index >= 15 is 0 Å². The summed E-state index contributed by atoms with van der Waals surface area (Å²) in [5.41, 5.74) is 1.28. The molecule has 0 spiro atoms. The van der Waals surface area contributed by atoms with Crippen LogP contribution in [0.2, 0.25) is 0 Å². The van der Waals surface area contributed by atoms with Gasteiger partial charge < -0.3 is 14.5 Å². The first-order chi connectivity index (χ1) is 9.31. The smallest absolute Gasteiger partial charge is 0.122 e. The van der Waals surface area contributed by atoms with E-state index in [1.54, 1.807) is 6.26 Å². The molecule has 4 heteroatoms. The van der Waals surface area contributed by atoms with Crippen LogP contribution in [0.3, 0.4) is 0 Å². The molecule has 1 aromatic rings. The van der Waals surface area contributed by atoms with Crippen LogP contribution in [0.1, 0.15) is 38.5 Å². The van der Waals surface area contributed by atoms with Gasteiger partial charge in [-0.3, -0.25) is 4.90 Å². The van der Waals surface area contributed by atoms with Gasteiger partial charge in [0.05, 0.1) is 19.4 Å². The van der Waals surface area contributed by atoms with Gasteiger partial charge in [-0.1, -0.05) is 13.8 Å². The summed E-state index contributed by atoms with van der Waals surface area (Å²) in [6, 6.07) is 2.08. The van der Waals surface area contributed by atoms with Crippen molar-refractivity contribution in [3.63, 3.8) is 0 Å². The number of furan rings is 1. The molecule has 1 aromatic heterocycles. The lowest BCUT2D eigenvalue weighted by Crippen LogP contribution is -2.27. The normalized spacial score (nSPS) is 11.4. The Hall–Kier alpha value is -0.840. The predicted octanol–water partition coefficient (Wildman–Crippen LogP) is 2.64. The number of rotatable bonds is 11. The van der Waals surface area contributed by atoms with Crippen molar-refractivity contribution in [2.45, 2.75) is 40.3 Å². The van der Waals surface area contributed by atoms with Gasteiger partial charge in [-0.2, -0.15) is 0 Å². The summed E-state index contributed by atoms with van der Waals surface area (Å²) >= 11 is 0. The van der Waals surface area contributed by atoms with Gasteiger partial charge in [0.15, 0.2) is 0 Å². The van der Waals surface area contributed by atoms with Gasteiger partial charge in [0, 0.05) is 25.3 Å². The molecule has 0 aliphatic rings. The fraction of sp³-hybridized carbons (Fsp3) is 0.733. The zero-order valence-corrected chi connectivity index (χ0v) is 12.6. The average molecular weight is 268 g/mol. The number of ether oxygens (including phenoxy) is 1. The first kappa shape index (κ1) is 16.2. The Morgan fingerprint density at radius 3 is 2.84 bits per heavy atom. The van der Waals surface area contributed by atoms with E-state index in [1.165, 1.54) is 5.56 Å². The molecule has 110 valence electrons. The lowest BCUT2D eigenvalue weighted by molar-refractivity contribution is 0.112. The summed E-state index contributed by atoms with van der Waals surface area (Å²) in [6.45, 7) is 12.7. The zero-order chi connectivity index (χ0) is 13.9. The van der Waals surface area contributed by atoms with Crippen LogP contribution in [-0.4, -0.2) is 37.7 Å². The Kier molecular flexibility index (Phi) is 8.54. The van der Waals surface area contributed by atoms with Crippen molar-refractivity contribution in [1.29, 1.82) is 0 Å². The van der Waals surface area contributed by atoms with Crippen LogP contribution < -0.4 is 5.32 Å². The Bertz CT molecular complexity index is 326. The SMILES string of the molecule is CCCNCc1occc1CN(CC)CCOCC. The molecule has 4 nitrogen and oxygen atoms in total. The maximum atomic E-state index is 5.56. The molecule has 1 N–H and O–H groups in total. The lowest BCUT2D eigenvalue weighted by atomic mass is 10.2. The van der Waals surface area contributed by atoms with Gasteiger partial charge in [-0.25, -0.2) is 0 Å². The Labute approximate surface area is 117 Å². The van der Waals surface area contributed by atoms with Crippen LogP contribution in [0.25, 0.3) is 0 Å². The lowest BCUT2D eigenvalue weighted by Gasteiger charge is -2.20. The van der Waals surface area contributed by atoms with E-state index in [-0.39, 0.29) is 0 Å². The number of likely N-dealkylation sites (N-methyl/N-ethyl adjacent to an activating group) is 1. The van der Waals surface area contributed by atoms with E-state index in [0.717, 1.165) is 58.1 Å². The van der Waals surface area contributed by atoms with Crippen LogP contribution in [-0.2, 0) is 17.8 Å². The fourth-order valence-electron chi connectivity index (χ4n) is 1.97. The summed E-state index contributed by atoms with van der Waals surface area (Å²) in [5, 5.41) is 3.38. The third-order valence-electron chi connectivity index (χ3n) is 3.15. The van der Waals surface area contributed by atoms with Crippen molar-refractivity contribution in [2.75, 3.05) is 32.8 Å². The first-order valence-corrected chi connectivity index (χ1v) is 7.37. The van der Waals surface area contributed by atoms with E-state index in [1.807, 2.05) is 6.92 Å². The molecular formula is C15H28N2O2. The maximum Gasteiger partial charge on any atom is 0.122 e. The van der Waals surface area contributed by atoms with Crippen LogP contribution >= 0.6 is 0 Å². The highest BCUT2D eigenvalue weighted by Crippen LogP contribution is 2.13. The molecule has 0 aliphatic carbocycles. The van der Waals surface area contributed by atoms with E-state index in [2.05, 4.69) is 30.1 Å². The van der Waals surface area contributed by atoms with Gasteiger partial charge in [0.25, 0.3) is 0 Å². The van der Waals surface area contributed by atoms with E-state index in [0.29, 0.717) is 0 Å². The summed E-state index contributed by atoms with van der Waals surface area (Å²) < 4.78 is 11.0. The van der Waals surface area contributed by atoms with E-state index in [9.17, 15) is 0 Å². The van der Waals surface area contributed by atoms with E-state index < -0.39 is 0 Å². The maximum absolute atomic E-state index is 5.56. The minimum atomic E-state index is 0.787. The summed E-state index contributed by atoms with van der Waals surface area (Å²) in [6.07, 6.45) is 2.93. The zero-order valence-electron chi connectivity index (χ0n) is 12.6. The molecule has 0 bridgehead atoms. The van der Waals surface area contributed by atoms with E-state index in [4.69, 9.17) is 9.15 Å². The molecule has 0 aromatic carbocycles. The van der Waals surface area contributed by atoms with Gasteiger partial charge in [-0.05, 0) is 32.5 Å². The molecule has 0 saturated heterocycles. The van der Waals surface area contributed by atoms with Gasteiger partial charge in [-0.15, -0.1) is 0 Å². The quantitative estimate of drug-likeness (QED) is 0.626. The van der Waals surface area contributed by atoms with Crippen molar-refractivity contribution >= 4 is 0 Å². The van der Waals surface area contributed by atoms with Crippen molar-refractivity contribution in [3.05, 3.63) is 23.7 Å². The number of hydrogen-bond donors (Lipinski definition) is 1. The van der Waals surface area contributed by atoms with Crippen LogP contribution in [0.5, 0.6) is 0 Å². The Morgan fingerprint density at radius 2 is 2.16 bits per heavy atom. The van der Waals surface area contributed by atoms with Crippen LogP contribution in [0, 0.1) is 0 Å². The van der Waals surface area contributed by atoms with Crippen molar-refractivity contribution in [3.8, 4) is 0 Å². The summed E-state index contributed by atoms with van der Waals surface area (Å²) in [5.74, 6) is 1.06. The topological polar surface area (TPSA) is 37.6 Å². The van der Waals surface area contributed by atoms with Crippen molar-refractivity contribution < 1.29 is 9.15 Å². The average Bonchev–Trinajstić information content (AvgIpc) is 2.85. The molecule has 1 rings (SSSR count). The predicted molar refractivity (Wildman–Crippen MR) is 78.1 cm³/mol. The molecule has 1 heterocycles. The minimum Gasteiger partial charge on any atom is -0.468 e. The third-order valence-corrected chi connectivity index (χ3v) is 3.15. The molecular weight excluding hydrogens is 240 g/mol. The molecule has 19 heavy (non-hydrogen) atoms. The standard InChI is InChI=1S/C15H28N2O2/c1-4-8-16-12-15-14(7-10-19-15)13-17(5-2)9-11-18-6-3/h7,10,16H,4-6,8-9,11-13H2,1-3H3. The number of nitrogens with zero attached hydrogens (tertiary/aromatic N) is 1. The molecule has 0 radical (unpaired) electrons. The Balaban J connectivity index is 2.42. The summed E-state index contributed by atoms with van der Waals surface area (Å²) in [4.78, 5) is 2.38. The summed E-state index contributed by atoms with van der Waals surface area (Å²) in [7, 11) is 0. The molecule has 0 saturated carbocycles. The monoisotopic (exact) mass is 268 g/mol. The highest BCUT2D eigenvalue weighted by atomic mass is 16.5. The Morgan fingerprint density at radius 1 is 1.32 bits per heavy atom. The molecule has 0 amide bonds. The second-order valence-electron chi connectivity index (χ2n) is 4.61. The second kappa shape index (κ2) is 10.0. The highest BCUT2D eigenvalue weighted by Gasteiger charge is 2.10. The van der Waals surface area contributed by atoms with Crippen molar-refractivity contribution in [1.82, 2.24) is 10.2 Å². The van der Waals surface area contributed by atoms with Crippen LogP contribution in [0.4, 0.5) is 0 Å². The number of hydrogen-bond acceptors (Lipinski definition) is 4. The molecule has 0 unspecified atom stereocenters. The second-order valence-corrected chi connectivity index (χ2v) is 4.61. The van der Waals surface area contributed by atoms with Gasteiger partial charge in [0.2, 0.25) is 0 Å². The van der Waals surface area contributed by atoms with Crippen LogP contribution in [0.15, 0.2) is 16.7 Å². The molecule has 0 atom stereocenters. The van der Waals surface area contributed by atoms with Gasteiger partial charge >= 0.3 is 0 Å². The molecule has 0 aliphatic heterocycles. The highest BCUT2D eigenvalue weighted by molar-refractivity contribution is 5.16. The minimum absolute atomic E-state index is 0.787.